The van der Waals surface area contributed by atoms with Crippen LogP contribution in [0.25, 0.3) is 0 Å². The van der Waals surface area contributed by atoms with Crippen LogP contribution in [0.4, 0.5) is 0 Å². The highest BCUT2D eigenvalue weighted by molar-refractivity contribution is 5.79. The summed E-state index contributed by atoms with van der Waals surface area (Å²) in [6, 6.07) is 0. The van der Waals surface area contributed by atoms with Crippen molar-refractivity contribution in [3.63, 3.8) is 0 Å². The quantitative estimate of drug-likeness (QED) is 0.855. The van der Waals surface area contributed by atoms with Gasteiger partial charge in [-0.15, -0.1) is 0 Å². The van der Waals surface area contributed by atoms with E-state index in [0.29, 0.717) is 11.7 Å². The van der Waals surface area contributed by atoms with Gasteiger partial charge < -0.3 is 10.2 Å². The molecule has 1 heterocycles. The molecule has 2 rings (SSSR count). The average molecular weight is 280 g/mol. The van der Waals surface area contributed by atoms with E-state index in [1.807, 2.05) is 0 Å². The van der Waals surface area contributed by atoms with Crippen LogP contribution in [0, 0.1) is 17.8 Å². The van der Waals surface area contributed by atoms with Crippen LogP contribution < -0.4 is 5.32 Å². The Kier molecular flexibility index (Phi) is 5.58. The maximum atomic E-state index is 12.1. The van der Waals surface area contributed by atoms with E-state index >= 15 is 0 Å². The average Bonchev–Trinajstić information content (AvgIpc) is 2.46. The predicted octanol–water partition coefficient (Wildman–Crippen LogP) is 1.84. The second-order valence-corrected chi connectivity index (χ2v) is 6.65. The fourth-order valence-electron chi connectivity index (χ4n) is 3.43. The number of likely N-dealkylation sites (tertiary alicyclic amines) is 1. The van der Waals surface area contributed by atoms with Crippen LogP contribution in [0.3, 0.4) is 0 Å². The third kappa shape index (κ3) is 4.30. The monoisotopic (exact) mass is 280 g/mol. The van der Waals surface area contributed by atoms with Gasteiger partial charge in [0, 0.05) is 18.4 Å². The molecular formula is C16H28N2O2. The van der Waals surface area contributed by atoms with Gasteiger partial charge in [0.05, 0.1) is 0 Å². The van der Waals surface area contributed by atoms with Gasteiger partial charge in [0.1, 0.15) is 5.78 Å². The van der Waals surface area contributed by atoms with Gasteiger partial charge in [0.15, 0.2) is 0 Å². The number of hydrogen-bond acceptors (Lipinski definition) is 3. The number of nitrogens with zero attached hydrogens (tertiary/aromatic N) is 1. The molecule has 1 saturated heterocycles. The molecule has 1 aliphatic heterocycles. The van der Waals surface area contributed by atoms with E-state index in [1.54, 1.807) is 6.92 Å². The molecule has 1 saturated carbocycles. The maximum absolute atomic E-state index is 12.1. The number of ketones is 1. The minimum atomic E-state index is 0.208. The van der Waals surface area contributed by atoms with Gasteiger partial charge in [0.2, 0.25) is 5.91 Å². The summed E-state index contributed by atoms with van der Waals surface area (Å²) in [4.78, 5) is 25.8. The Morgan fingerprint density at radius 1 is 1.00 bits per heavy atom. The lowest BCUT2D eigenvalue weighted by Gasteiger charge is -2.30. The van der Waals surface area contributed by atoms with Crippen molar-refractivity contribution in [2.45, 2.75) is 45.4 Å². The fourth-order valence-corrected chi connectivity index (χ4v) is 3.43. The van der Waals surface area contributed by atoms with Crippen molar-refractivity contribution in [2.24, 2.45) is 17.8 Å². The lowest BCUT2D eigenvalue weighted by molar-refractivity contribution is -0.127. The van der Waals surface area contributed by atoms with Gasteiger partial charge in [-0.2, -0.15) is 0 Å². The summed E-state index contributed by atoms with van der Waals surface area (Å²) in [5.41, 5.74) is 0. The molecule has 0 spiro atoms. The van der Waals surface area contributed by atoms with E-state index in [1.165, 1.54) is 0 Å². The smallest absolute Gasteiger partial charge is 0.223 e. The van der Waals surface area contributed by atoms with Gasteiger partial charge in [-0.1, -0.05) is 0 Å². The molecule has 0 radical (unpaired) electrons. The van der Waals surface area contributed by atoms with Gasteiger partial charge in [-0.3, -0.25) is 9.59 Å². The number of nitrogens with one attached hydrogen (secondary N) is 1. The first-order valence-electron chi connectivity index (χ1n) is 8.03. The van der Waals surface area contributed by atoms with Crippen molar-refractivity contribution in [1.29, 1.82) is 0 Å². The highest BCUT2D eigenvalue weighted by Gasteiger charge is 2.26. The van der Waals surface area contributed by atoms with E-state index in [9.17, 15) is 9.59 Å². The molecule has 0 unspecified atom stereocenters. The van der Waals surface area contributed by atoms with Crippen molar-refractivity contribution in [3.05, 3.63) is 0 Å². The molecular weight excluding hydrogens is 252 g/mol. The maximum Gasteiger partial charge on any atom is 0.223 e. The second-order valence-electron chi connectivity index (χ2n) is 6.65. The van der Waals surface area contributed by atoms with Crippen molar-refractivity contribution < 1.29 is 9.59 Å². The predicted molar refractivity (Wildman–Crippen MR) is 79.4 cm³/mol. The molecule has 114 valence electrons. The SMILES string of the molecule is CC(=O)C1CCC(CNC(=O)C2CCN(C)CC2)CC1. The number of rotatable bonds is 4. The molecule has 1 N–H and O–H groups in total. The van der Waals surface area contributed by atoms with E-state index in [4.69, 9.17) is 0 Å². The standard InChI is InChI=1S/C16H28N2O2/c1-12(19)14-5-3-13(4-6-14)11-17-16(20)15-7-9-18(2)10-8-15/h13-15H,3-11H2,1-2H3,(H,17,20). The van der Waals surface area contributed by atoms with Gasteiger partial charge >= 0.3 is 0 Å². The van der Waals surface area contributed by atoms with Crippen LogP contribution >= 0.6 is 0 Å². The van der Waals surface area contributed by atoms with Crippen LogP contribution in [0.5, 0.6) is 0 Å². The Morgan fingerprint density at radius 2 is 1.60 bits per heavy atom. The van der Waals surface area contributed by atoms with Crippen LogP contribution in [-0.2, 0) is 9.59 Å². The van der Waals surface area contributed by atoms with Crippen molar-refractivity contribution in [1.82, 2.24) is 10.2 Å². The number of piperidine rings is 1. The molecule has 4 heteroatoms. The zero-order chi connectivity index (χ0) is 14.5. The minimum absolute atomic E-state index is 0.208. The molecule has 1 amide bonds. The molecule has 0 atom stereocenters. The molecule has 2 fully saturated rings. The summed E-state index contributed by atoms with van der Waals surface area (Å²) in [7, 11) is 2.11. The van der Waals surface area contributed by atoms with Crippen LogP contribution in [0.1, 0.15) is 45.4 Å². The number of amides is 1. The molecule has 20 heavy (non-hydrogen) atoms. The topological polar surface area (TPSA) is 49.4 Å². The first-order valence-corrected chi connectivity index (χ1v) is 8.03. The van der Waals surface area contributed by atoms with Crippen LogP contribution in [0.15, 0.2) is 0 Å². The fraction of sp³-hybridized carbons (Fsp3) is 0.875. The van der Waals surface area contributed by atoms with Crippen LogP contribution in [0.2, 0.25) is 0 Å². The minimum Gasteiger partial charge on any atom is -0.356 e. The van der Waals surface area contributed by atoms with Gasteiger partial charge in [-0.25, -0.2) is 0 Å². The van der Waals surface area contributed by atoms with Crippen molar-refractivity contribution >= 4 is 11.7 Å². The third-order valence-electron chi connectivity index (χ3n) is 5.08. The highest BCUT2D eigenvalue weighted by atomic mass is 16.2. The Morgan fingerprint density at radius 3 is 2.15 bits per heavy atom. The summed E-state index contributed by atoms with van der Waals surface area (Å²) >= 11 is 0. The van der Waals surface area contributed by atoms with E-state index in [2.05, 4.69) is 17.3 Å². The van der Waals surface area contributed by atoms with Crippen molar-refractivity contribution in [3.8, 4) is 0 Å². The molecule has 0 aromatic carbocycles. The molecule has 1 aliphatic carbocycles. The summed E-state index contributed by atoms with van der Waals surface area (Å²) in [6.45, 7) is 4.56. The number of hydrogen-bond donors (Lipinski definition) is 1. The van der Waals surface area contributed by atoms with E-state index in [0.717, 1.165) is 58.2 Å². The number of carbonyl (C=O) groups is 2. The Balaban J connectivity index is 1.65. The normalized spacial score (nSPS) is 29.1. The van der Waals surface area contributed by atoms with Crippen LogP contribution in [-0.4, -0.2) is 43.3 Å². The van der Waals surface area contributed by atoms with Crippen molar-refractivity contribution in [2.75, 3.05) is 26.7 Å². The molecule has 0 aromatic rings. The number of carbonyl (C=O) groups excluding carboxylic acids is 2. The zero-order valence-corrected chi connectivity index (χ0v) is 12.9. The third-order valence-corrected chi connectivity index (χ3v) is 5.08. The van der Waals surface area contributed by atoms with E-state index in [-0.39, 0.29) is 17.7 Å². The first-order chi connectivity index (χ1) is 9.56. The Hall–Kier alpha value is -0.900. The molecule has 0 aromatic heterocycles. The lowest BCUT2D eigenvalue weighted by atomic mass is 9.80. The summed E-state index contributed by atoms with van der Waals surface area (Å²) in [5.74, 6) is 1.63. The summed E-state index contributed by atoms with van der Waals surface area (Å²) < 4.78 is 0. The summed E-state index contributed by atoms with van der Waals surface area (Å²) in [5, 5.41) is 3.14. The van der Waals surface area contributed by atoms with Gasteiger partial charge in [0.25, 0.3) is 0 Å². The Labute approximate surface area is 122 Å². The molecule has 2 aliphatic rings. The largest absolute Gasteiger partial charge is 0.356 e. The summed E-state index contributed by atoms with van der Waals surface area (Å²) in [6.07, 6.45) is 6.14. The van der Waals surface area contributed by atoms with Gasteiger partial charge in [-0.05, 0) is 71.5 Å². The second kappa shape index (κ2) is 7.21. The van der Waals surface area contributed by atoms with E-state index < -0.39 is 0 Å². The zero-order valence-electron chi connectivity index (χ0n) is 12.9. The number of Topliss-reactive ketones (excluding diaryl/α,β-unsaturated/α-hetero) is 1. The lowest BCUT2D eigenvalue weighted by Crippen LogP contribution is -2.41. The Bertz CT molecular complexity index is 340. The first kappa shape index (κ1) is 15.5. The molecule has 0 bridgehead atoms. The molecule has 4 nitrogen and oxygen atoms in total. The highest BCUT2D eigenvalue weighted by Crippen LogP contribution is 2.29.